The Morgan fingerprint density at radius 1 is 0.897 bits per heavy atom. The van der Waals surface area contributed by atoms with E-state index in [1.54, 1.807) is 0 Å². The normalized spacial score (nSPS) is 49.2. The predicted octanol–water partition coefficient (Wildman–Crippen LogP) is 5.75. The highest BCUT2D eigenvalue weighted by Crippen LogP contribution is 2.68. The fourth-order valence-electron chi connectivity index (χ4n) is 8.75. The summed E-state index contributed by atoms with van der Waals surface area (Å²) in [6.45, 7) is 4.99. The average Bonchev–Trinajstić information content (AvgIpc) is 2.99. The third-order valence-corrected chi connectivity index (χ3v) is 10.6. The van der Waals surface area contributed by atoms with Crippen molar-refractivity contribution in [2.45, 2.75) is 96.2 Å². The van der Waals surface area contributed by atoms with Gasteiger partial charge in [0.1, 0.15) is 0 Å². The molecule has 4 saturated carbocycles. The van der Waals surface area contributed by atoms with E-state index in [1.807, 2.05) is 0 Å². The molecule has 2 nitrogen and oxygen atoms in total. The van der Waals surface area contributed by atoms with E-state index >= 15 is 0 Å². The summed E-state index contributed by atoms with van der Waals surface area (Å²) in [6.07, 6.45) is 12.4. The number of aliphatic hydroxyl groups is 2. The molecule has 0 aromatic heterocycles. The van der Waals surface area contributed by atoms with Gasteiger partial charge in [0.05, 0.1) is 11.7 Å². The van der Waals surface area contributed by atoms with E-state index in [9.17, 15) is 10.2 Å². The minimum absolute atomic E-state index is 0.0620. The number of rotatable bonds is 3. The quantitative estimate of drug-likeness (QED) is 0.682. The minimum Gasteiger partial charge on any atom is -0.393 e. The van der Waals surface area contributed by atoms with E-state index in [1.165, 1.54) is 44.1 Å². The molecular weight excluding hydrogens is 356 g/mol. The number of hydrogen-bond acceptors (Lipinski definition) is 2. The lowest BCUT2D eigenvalue weighted by molar-refractivity contribution is -0.160. The summed E-state index contributed by atoms with van der Waals surface area (Å²) in [4.78, 5) is 0. The van der Waals surface area contributed by atoms with Crippen molar-refractivity contribution in [1.29, 1.82) is 0 Å². The summed E-state index contributed by atoms with van der Waals surface area (Å²) < 4.78 is 0. The van der Waals surface area contributed by atoms with Crippen LogP contribution < -0.4 is 0 Å². The zero-order valence-corrected chi connectivity index (χ0v) is 18.4. The Kier molecular flexibility index (Phi) is 4.91. The van der Waals surface area contributed by atoms with Crippen molar-refractivity contribution in [2.75, 3.05) is 0 Å². The van der Waals surface area contributed by atoms with E-state index in [0.717, 1.165) is 49.9 Å². The van der Waals surface area contributed by atoms with Gasteiger partial charge in [-0.2, -0.15) is 0 Å². The standard InChI is InChI=1S/C27H40O2/c1-25-14-11-21(28)18-20(25)8-9-22-23(25)12-15-26(2)24(22)13-17-27(26,29)16-10-19-6-4-3-5-7-19/h3-7,20-24,28-29H,8-18H2,1-2H3/t20-,21-,22-,23+,24+,25+,26+,27-/m1/s1. The molecule has 0 aliphatic heterocycles. The Morgan fingerprint density at radius 3 is 2.45 bits per heavy atom. The van der Waals surface area contributed by atoms with E-state index in [0.29, 0.717) is 11.3 Å². The molecule has 5 rings (SSSR count). The van der Waals surface area contributed by atoms with Crippen LogP contribution in [-0.4, -0.2) is 21.9 Å². The molecule has 0 unspecified atom stereocenters. The zero-order chi connectivity index (χ0) is 20.3. The van der Waals surface area contributed by atoms with Gasteiger partial charge in [0.15, 0.2) is 0 Å². The highest BCUT2D eigenvalue weighted by Gasteiger charge is 2.64. The van der Waals surface area contributed by atoms with Gasteiger partial charge in [-0.25, -0.2) is 0 Å². The van der Waals surface area contributed by atoms with Crippen LogP contribution in [0.15, 0.2) is 30.3 Å². The van der Waals surface area contributed by atoms with Crippen molar-refractivity contribution in [3.8, 4) is 0 Å². The van der Waals surface area contributed by atoms with Gasteiger partial charge >= 0.3 is 0 Å². The Hall–Kier alpha value is -0.860. The molecule has 0 saturated heterocycles. The smallest absolute Gasteiger partial charge is 0.0707 e. The number of aliphatic hydroxyl groups excluding tert-OH is 1. The van der Waals surface area contributed by atoms with Gasteiger partial charge in [0.25, 0.3) is 0 Å². The van der Waals surface area contributed by atoms with Crippen LogP contribution in [-0.2, 0) is 6.42 Å². The summed E-state index contributed by atoms with van der Waals surface area (Å²) in [5.74, 6) is 3.00. The number of aryl methyl sites for hydroxylation is 1. The number of hydrogen-bond donors (Lipinski definition) is 2. The lowest BCUT2D eigenvalue weighted by Gasteiger charge is -2.61. The fourth-order valence-corrected chi connectivity index (χ4v) is 8.75. The van der Waals surface area contributed by atoms with Crippen molar-refractivity contribution in [3.05, 3.63) is 35.9 Å². The first-order valence-electron chi connectivity index (χ1n) is 12.3. The lowest BCUT2D eigenvalue weighted by Crippen LogP contribution is -2.56. The summed E-state index contributed by atoms with van der Waals surface area (Å²) >= 11 is 0. The third kappa shape index (κ3) is 3.04. The van der Waals surface area contributed by atoms with E-state index < -0.39 is 5.60 Å². The molecule has 4 fully saturated rings. The molecule has 0 amide bonds. The van der Waals surface area contributed by atoms with Gasteiger partial charge < -0.3 is 10.2 Å². The van der Waals surface area contributed by atoms with Crippen LogP contribution >= 0.6 is 0 Å². The first kappa shape index (κ1) is 20.1. The predicted molar refractivity (Wildman–Crippen MR) is 117 cm³/mol. The summed E-state index contributed by atoms with van der Waals surface area (Å²) in [7, 11) is 0. The van der Waals surface area contributed by atoms with Gasteiger partial charge in [-0.15, -0.1) is 0 Å². The highest BCUT2D eigenvalue weighted by molar-refractivity contribution is 5.18. The molecule has 29 heavy (non-hydrogen) atoms. The highest BCUT2D eigenvalue weighted by atomic mass is 16.3. The molecule has 0 heterocycles. The van der Waals surface area contributed by atoms with Crippen molar-refractivity contribution < 1.29 is 10.2 Å². The molecule has 1 aromatic rings. The Balaban J connectivity index is 1.35. The van der Waals surface area contributed by atoms with Crippen LogP contribution in [0.25, 0.3) is 0 Å². The maximum absolute atomic E-state index is 11.9. The SMILES string of the molecule is C[C@]12CC[C@@H](O)C[C@H]1CC[C@@H]1[C@@H]2CC[C@@]2(C)[C@H]1CC[C@]2(O)CCc1ccccc1. The van der Waals surface area contributed by atoms with Crippen LogP contribution in [0.2, 0.25) is 0 Å². The molecular formula is C27H40O2. The molecule has 0 spiro atoms. The maximum atomic E-state index is 11.9. The second-order valence-electron chi connectivity index (χ2n) is 11.6. The lowest BCUT2D eigenvalue weighted by atomic mass is 9.44. The average molecular weight is 397 g/mol. The summed E-state index contributed by atoms with van der Waals surface area (Å²) in [5.41, 5.74) is 1.36. The number of fused-ring (bicyclic) bond motifs is 5. The Morgan fingerprint density at radius 2 is 1.66 bits per heavy atom. The molecule has 4 aliphatic rings. The van der Waals surface area contributed by atoms with Crippen molar-refractivity contribution in [1.82, 2.24) is 0 Å². The molecule has 0 radical (unpaired) electrons. The molecule has 2 N–H and O–H groups in total. The summed E-state index contributed by atoms with van der Waals surface area (Å²) in [5, 5.41) is 22.1. The van der Waals surface area contributed by atoms with Crippen LogP contribution in [0.5, 0.6) is 0 Å². The Labute approximate surface area is 177 Å². The van der Waals surface area contributed by atoms with Gasteiger partial charge in [-0.05, 0) is 111 Å². The monoisotopic (exact) mass is 396 g/mol. The molecule has 1 aromatic carbocycles. The molecule has 4 aliphatic carbocycles. The third-order valence-electron chi connectivity index (χ3n) is 10.6. The number of benzene rings is 1. The molecule has 8 atom stereocenters. The topological polar surface area (TPSA) is 40.5 Å². The van der Waals surface area contributed by atoms with Gasteiger partial charge in [-0.1, -0.05) is 44.2 Å². The van der Waals surface area contributed by atoms with E-state index in [-0.39, 0.29) is 11.5 Å². The second-order valence-corrected chi connectivity index (χ2v) is 11.6. The van der Waals surface area contributed by atoms with E-state index in [2.05, 4.69) is 44.2 Å². The van der Waals surface area contributed by atoms with Gasteiger partial charge in [0.2, 0.25) is 0 Å². The van der Waals surface area contributed by atoms with Crippen LogP contribution in [0.3, 0.4) is 0 Å². The fraction of sp³-hybridized carbons (Fsp3) is 0.778. The zero-order valence-electron chi connectivity index (χ0n) is 18.4. The van der Waals surface area contributed by atoms with E-state index in [4.69, 9.17) is 0 Å². The Bertz CT molecular complexity index is 731. The van der Waals surface area contributed by atoms with Crippen molar-refractivity contribution in [2.24, 2.45) is 34.5 Å². The van der Waals surface area contributed by atoms with Crippen molar-refractivity contribution in [3.63, 3.8) is 0 Å². The maximum Gasteiger partial charge on any atom is 0.0707 e. The van der Waals surface area contributed by atoms with Crippen LogP contribution in [0.1, 0.15) is 83.6 Å². The minimum atomic E-state index is -0.501. The van der Waals surface area contributed by atoms with Crippen LogP contribution in [0.4, 0.5) is 0 Å². The van der Waals surface area contributed by atoms with Gasteiger partial charge in [-0.3, -0.25) is 0 Å². The molecule has 2 heteroatoms. The summed E-state index contributed by atoms with van der Waals surface area (Å²) in [6, 6.07) is 10.7. The largest absolute Gasteiger partial charge is 0.393 e. The second kappa shape index (κ2) is 7.09. The van der Waals surface area contributed by atoms with Crippen LogP contribution in [0, 0.1) is 34.5 Å². The van der Waals surface area contributed by atoms with Gasteiger partial charge in [0, 0.05) is 0 Å². The molecule has 0 bridgehead atoms. The molecule has 160 valence electrons. The first-order chi connectivity index (χ1) is 13.9. The first-order valence-corrected chi connectivity index (χ1v) is 12.3. The van der Waals surface area contributed by atoms with Crippen molar-refractivity contribution >= 4 is 0 Å².